The maximum atomic E-state index is 12.9. The molecule has 1 amide bonds. The molecule has 3 heterocycles. The molecule has 0 radical (unpaired) electrons. The van der Waals surface area contributed by atoms with Crippen molar-refractivity contribution in [3.63, 3.8) is 0 Å². The summed E-state index contributed by atoms with van der Waals surface area (Å²) in [4.78, 5) is 17.1. The van der Waals surface area contributed by atoms with Crippen LogP contribution in [0.15, 0.2) is 47.2 Å². The molecular formula is C20H20N5O3P. The van der Waals surface area contributed by atoms with Crippen LogP contribution < -0.4 is 10.6 Å². The van der Waals surface area contributed by atoms with E-state index in [1.165, 1.54) is 6.20 Å². The third-order valence-corrected chi connectivity index (χ3v) is 6.15. The molecule has 0 aliphatic rings. The number of pyridine rings is 1. The molecule has 4 rings (SSSR count). The van der Waals surface area contributed by atoms with Crippen molar-refractivity contribution < 1.29 is 13.9 Å². The minimum atomic E-state index is -2.41. The molecule has 0 spiro atoms. The molecular weight excluding hydrogens is 389 g/mol. The first kappa shape index (κ1) is 19.1. The summed E-state index contributed by atoms with van der Waals surface area (Å²) >= 11 is 0. The average Bonchev–Trinajstić information content (AvgIpc) is 3.28. The molecule has 0 aliphatic heterocycles. The van der Waals surface area contributed by atoms with Crippen LogP contribution in [-0.4, -0.2) is 39.0 Å². The highest BCUT2D eigenvalue weighted by molar-refractivity contribution is 7.70. The second kappa shape index (κ2) is 6.97. The minimum Gasteiger partial charge on any atom is -0.339 e. The van der Waals surface area contributed by atoms with Crippen molar-refractivity contribution >= 4 is 29.6 Å². The summed E-state index contributed by atoms with van der Waals surface area (Å²) in [5, 5.41) is 11.8. The number of carbonyl (C=O) groups excluding carboxylic acids is 1. The zero-order chi connectivity index (χ0) is 20.8. The van der Waals surface area contributed by atoms with Crippen LogP contribution >= 0.6 is 7.14 Å². The van der Waals surface area contributed by atoms with E-state index >= 15 is 0 Å². The van der Waals surface area contributed by atoms with Crippen molar-refractivity contribution in [1.29, 1.82) is 0 Å². The number of anilines is 1. The molecule has 0 bridgehead atoms. The number of aryl methyl sites for hydroxylation is 2. The number of aromatic nitrogens is 4. The van der Waals surface area contributed by atoms with Gasteiger partial charge in [-0.15, -0.1) is 0 Å². The number of hydrogen-bond donors (Lipinski definition) is 1. The molecule has 3 aromatic heterocycles. The van der Waals surface area contributed by atoms with Crippen LogP contribution in [0.4, 0.5) is 5.69 Å². The van der Waals surface area contributed by atoms with Crippen LogP contribution in [0.2, 0.25) is 0 Å². The number of amides is 1. The Morgan fingerprint density at radius 3 is 2.66 bits per heavy atom. The van der Waals surface area contributed by atoms with Crippen LogP contribution in [0.5, 0.6) is 0 Å². The fourth-order valence-corrected chi connectivity index (χ4v) is 3.79. The van der Waals surface area contributed by atoms with E-state index in [4.69, 9.17) is 4.52 Å². The number of nitrogens with zero attached hydrogens (tertiary/aromatic N) is 4. The first-order valence-corrected chi connectivity index (χ1v) is 11.6. The van der Waals surface area contributed by atoms with E-state index in [1.54, 1.807) is 43.1 Å². The molecule has 1 N–H and O–H groups in total. The highest BCUT2D eigenvalue weighted by atomic mass is 31.2. The van der Waals surface area contributed by atoms with Crippen LogP contribution in [0, 0.1) is 13.8 Å². The Morgan fingerprint density at radius 1 is 1.17 bits per heavy atom. The van der Waals surface area contributed by atoms with Gasteiger partial charge in [0.2, 0.25) is 11.7 Å². The number of carbonyl (C=O) groups is 1. The van der Waals surface area contributed by atoms with E-state index in [2.05, 4.69) is 20.6 Å². The first-order chi connectivity index (χ1) is 13.7. The van der Waals surface area contributed by atoms with Crippen molar-refractivity contribution in [1.82, 2.24) is 19.8 Å². The lowest BCUT2D eigenvalue weighted by molar-refractivity contribution is 0.102. The van der Waals surface area contributed by atoms with Crippen molar-refractivity contribution in [2.45, 2.75) is 13.8 Å². The molecule has 0 aliphatic carbocycles. The third-order valence-electron chi connectivity index (χ3n) is 4.64. The summed E-state index contributed by atoms with van der Waals surface area (Å²) in [6, 6.07) is 9.12. The predicted octanol–water partition coefficient (Wildman–Crippen LogP) is 3.50. The number of fused-ring (bicyclic) bond motifs is 1. The molecule has 29 heavy (non-hydrogen) atoms. The van der Waals surface area contributed by atoms with Gasteiger partial charge in [0.25, 0.3) is 5.91 Å². The maximum absolute atomic E-state index is 12.9. The number of hydrogen-bond acceptors (Lipinski definition) is 6. The number of benzene rings is 1. The molecule has 4 aromatic rings. The zero-order valence-corrected chi connectivity index (χ0v) is 17.4. The first-order valence-electron chi connectivity index (χ1n) is 8.98. The van der Waals surface area contributed by atoms with Gasteiger partial charge >= 0.3 is 0 Å². The van der Waals surface area contributed by atoms with E-state index in [9.17, 15) is 9.36 Å². The maximum Gasteiger partial charge on any atom is 0.259 e. The van der Waals surface area contributed by atoms with Gasteiger partial charge in [-0.25, -0.2) is 4.52 Å². The van der Waals surface area contributed by atoms with Gasteiger partial charge in [-0.1, -0.05) is 17.3 Å². The standard InChI is InChI=1S/C20H20N5O3P/c1-12-5-6-14(19-22-13(2)28-24-19)9-17(12)23-20(26)16-10-21-25-11-15(29(3,4)27)7-8-18(16)25/h5-11H,1-4H3,(H,23,26). The minimum absolute atomic E-state index is 0.284. The zero-order valence-electron chi connectivity index (χ0n) is 16.5. The van der Waals surface area contributed by atoms with Gasteiger partial charge < -0.3 is 14.4 Å². The molecule has 0 fully saturated rings. The van der Waals surface area contributed by atoms with E-state index < -0.39 is 7.14 Å². The van der Waals surface area contributed by atoms with Gasteiger partial charge in [0.05, 0.1) is 17.3 Å². The second-order valence-electron chi connectivity index (χ2n) is 7.25. The van der Waals surface area contributed by atoms with Crippen LogP contribution in [0.3, 0.4) is 0 Å². The topological polar surface area (TPSA) is 102 Å². The van der Waals surface area contributed by atoms with Crippen molar-refractivity contribution in [2.24, 2.45) is 0 Å². The Hall–Kier alpha value is -3.25. The number of rotatable bonds is 4. The highest BCUT2D eigenvalue weighted by Crippen LogP contribution is 2.34. The van der Waals surface area contributed by atoms with Crippen molar-refractivity contribution in [3.05, 3.63) is 59.7 Å². The fourth-order valence-electron chi connectivity index (χ4n) is 2.97. The predicted molar refractivity (Wildman–Crippen MR) is 111 cm³/mol. The largest absolute Gasteiger partial charge is 0.339 e. The van der Waals surface area contributed by atoms with Crippen LogP contribution in [0.25, 0.3) is 16.9 Å². The van der Waals surface area contributed by atoms with Gasteiger partial charge in [0, 0.05) is 29.7 Å². The molecule has 0 unspecified atom stereocenters. The Morgan fingerprint density at radius 2 is 1.97 bits per heavy atom. The van der Waals surface area contributed by atoms with Crippen molar-refractivity contribution in [2.75, 3.05) is 18.6 Å². The monoisotopic (exact) mass is 409 g/mol. The van der Waals surface area contributed by atoms with Crippen molar-refractivity contribution in [3.8, 4) is 11.4 Å². The quantitative estimate of drug-likeness (QED) is 0.518. The summed E-state index contributed by atoms with van der Waals surface area (Å²) in [5.74, 6) is 0.652. The Labute approximate surface area is 167 Å². The van der Waals surface area contributed by atoms with Crippen LogP contribution in [-0.2, 0) is 4.57 Å². The molecule has 0 saturated carbocycles. The number of nitrogens with one attached hydrogen (secondary N) is 1. The van der Waals surface area contributed by atoms with Gasteiger partial charge in [-0.3, -0.25) is 4.79 Å². The van der Waals surface area contributed by atoms with E-state index in [0.717, 1.165) is 11.1 Å². The summed E-state index contributed by atoms with van der Waals surface area (Å²) < 4.78 is 18.9. The SMILES string of the molecule is Cc1nc(-c2ccc(C)c(NC(=O)c3cnn4cc(P(C)(C)=O)ccc34)c2)no1. The van der Waals surface area contributed by atoms with Crippen LogP contribution in [0.1, 0.15) is 21.8 Å². The van der Waals surface area contributed by atoms with E-state index in [0.29, 0.717) is 33.8 Å². The van der Waals surface area contributed by atoms with Gasteiger partial charge in [0.15, 0.2) is 0 Å². The normalized spacial score (nSPS) is 11.7. The molecule has 1 aromatic carbocycles. The third kappa shape index (κ3) is 3.71. The summed E-state index contributed by atoms with van der Waals surface area (Å²) in [6.45, 7) is 7.03. The molecule has 9 heteroatoms. The van der Waals surface area contributed by atoms with E-state index in [1.807, 2.05) is 25.1 Å². The van der Waals surface area contributed by atoms with Gasteiger partial charge in [0.1, 0.15) is 7.14 Å². The lowest BCUT2D eigenvalue weighted by atomic mass is 10.1. The summed E-state index contributed by atoms with van der Waals surface area (Å²) in [6.07, 6.45) is 3.21. The van der Waals surface area contributed by atoms with Gasteiger partial charge in [-0.2, -0.15) is 10.1 Å². The lowest BCUT2D eigenvalue weighted by Crippen LogP contribution is -2.13. The summed E-state index contributed by atoms with van der Waals surface area (Å²) in [5.41, 5.74) is 3.37. The fraction of sp³-hybridized carbons (Fsp3) is 0.200. The molecule has 0 atom stereocenters. The lowest BCUT2D eigenvalue weighted by Gasteiger charge is -2.10. The molecule has 0 saturated heterocycles. The van der Waals surface area contributed by atoms with Gasteiger partial charge in [-0.05, 0) is 44.0 Å². The Balaban J connectivity index is 1.65. The second-order valence-corrected chi connectivity index (χ2v) is 10.5. The Kier molecular flexibility index (Phi) is 4.59. The summed E-state index contributed by atoms with van der Waals surface area (Å²) in [7, 11) is -2.41. The average molecular weight is 409 g/mol. The Bertz CT molecular complexity index is 1280. The smallest absolute Gasteiger partial charge is 0.259 e. The highest BCUT2D eigenvalue weighted by Gasteiger charge is 2.17. The van der Waals surface area contributed by atoms with E-state index in [-0.39, 0.29) is 5.91 Å². The molecule has 148 valence electrons. The molecule has 8 nitrogen and oxygen atoms in total.